The second-order valence-corrected chi connectivity index (χ2v) is 6.68. The molecule has 5 nitrogen and oxygen atoms in total. The van der Waals surface area contributed by atoms with Crippen molar-refractivity contribution in [1.29, 1.82) is 0 Å². The molecule has 8 heteroatoms. The zero-order valence-electron chi connectivity index (χ0n) is 15.4. The lowest BCUT2D eigenvalue weighted by molar-refractivity contribution is -0.170. The first-order chi connectivity index (χ1) is 13.8. The second-order valence-electron chi connectivity index (χ2n) is 6.68. The van der Waals surface area contributed by atoms with E-state index in [2.05, 4.69) is 5.32 Å². The molecule has 1 saturated heterocycles. The van der Waals surface area contributed by atoms with Gasteiger partial charge in [-0.05, 0) is 37.1 Å². The third-order valence-electron chi connectivity index (χ3n) is 4.56. The van der Waals surface area contributed by atoms with E-state index >= 15 is 0 Å². The fourth-order valence-corrected chi connectivity index (χ4v) is 2.99. The number of carbonyl (C=O) groups excluding carboxylic acids is 2. The number of halogens is 3. The van der Waals surface area contributed by atoms with Crippen molar-refractivity contribution in [3.05, 3.63) is 71.3 Å². The lowest BCUT2D eigenvalue weighted by Gasteiger charge is -2.20. The molecule has 2 aromatic rings. The summed E-state index contributed by atoms with van der Waals surface area (Å²) in [5, 5.41) is 2.96. The van der Waals surface area contributed by atoms with Crippen LogP contribution in [0, 0.1) is 0 Å². The number of rotatable bonds is 6. The van der Waals surface area contributed by atoms with Crippen molar-refractivity contribution >= 4 is 11.9 Å². The molecule has 0 amide bonds. The molecule has 0 spiro atoms. The van der Waals surface area contributed by atoms with Crippen LogP contribution in [0.1, 0.15) is 35.6 Å². The highest BCUT2D eigenvalue weighted by Crippen LogP contribution is 2.31. The van der Waals surface area contributed by atoms with Crippen molar-refractivity contribution in [2.75, 3.05) is 6.54 Å². The van der Waals surface area contributed by atoms with Crippen molar-refractivity contribution in [2.45, 2.75) is 37.8 Å². The van der Waals surface area contributed by atoms with Crippen molar-refractivity contribution in [2.24, 2.45) is 0 Å². The van der Waals surface area contributed by atoms with Crippen LogP contribution in [0.2, 0.25) is 0 Å². The summed E-state index contributed by atoms with van der Waals surface area (Å²) in [6.45, 7) is 0.610. The van der Waals surface area contributed by atoms with Gasteiger partial charge in [0.2, 0.25) is 6.10 Å². The van der Waals surface area contributed by atoms with Gasteiger partial charge in [0.1, 0.15) is 12.6 Å². The second kappa shape index (κ2) is 9.09. The Morgan fingerprint density at radius 3 is 2.34 bits per heavy atom. The summed E-state index contributed by atoms with van der Waals surface area (Å²) < 4.78 is 49.0. The van der Waals surface area contributed by atoms with Crippen molar-refractivity contribution < 1.29 is 32.2 Å². The van der Waals surface area contributed by atoms with Gasteiger partial charge in [-0.1, -0.05) is 42.5 Å². The van der Waals surface area contributed by atoms with E-state index in [0.29, 0.717) is 13.0 Å². The molecular formula is C21H20F3NO4. The van der Waals surface area contributed by atoms with Gasteiger partial charge < -0.3 is 14.8 Å². The van der Waals surface area contributed by atoms with Crippen LogP contribution in [-0.4, -0.2) is 24.5 Å². The van der Waals surface area contributed by atoms with Gasteiger partial charge in [0.15, 0.2) is 0 Å². The van der Waals surface area contributed by atoms with Gasteiger partial charge >= 0.3 is 18.1 Å². The molecule has 0 saturated carbocycles. The highest BCUT2D eigenvalue weighted by Gasteiger charge is 2.34. The van der Waals surface area contributed by atoms with E-state index in [0.717, 1.165) is 36.2 Å². The van der Waals surface area contributed by atoms with Gasteiger partial charge in [-0.25, -0.2) is 4.79 Å². The van der Waals surface area contributed by atoms with Gasteiger partial charge in [0.05, 0.1) is 5.56 Å². The molecule has 0 bridgehead atoms. The SMILES string of the molecule is O=C(OC(C(=O)OCc1ccccc1)c1ccc(C(F)(F)F)cc1)C1CCCN1. The predicted octanol–water partition coefficient (Wildman–Crippen LogP) is 3.79. The van der Waals surface area contributed by atoms with Crippen LogP contribution in [0.5, 0.6) is 0 Å². The third kappa shape index (κ3) is 5.57. The number of nitrogens with one attached hydrogen (secondary N) is 1. The van der Waals surface area contributed by atoms with Crippen LogP contribution >= 0.6 is 0 Å². The first kappa shape index (κ1) is 20.9. The van der Waals surface area contributed by atoms with Gasteiger partial charge in [0, 0.05) is 5.56 Å². The van der Waals surface area contributed by atoms with Gasteiger partial charge in [-0.3, -0.25) is 4.79 Å². The Hall–Kier alpha value is -2.87. The average molecular weight is 407 g/mol. The lowest BCUT2D eigenvalue weighted by atomic mass is 10.1. The Bertz CT molecular complexity index is 831. The molecule has 1 aliphatic heterocycles. The molecule has 1 N–H and O–H groups in total. The number of hydrogen-bond donors (Lipinski definition) is 1. The van der Waals surface area contributed by atoms with E-state index in [-0.39, 0.29) is 12.2 Å². The summed E-state index contributed by atoms with van der Waals surface area (Å²) >= 11 is 0. The largest absolute Gasteiger partial charge is 0.458 e. The standard InChI is InChI=1S/C21H20F3NO4/c22-21(23,24)16-10-8-15(9-11-16)18(29-19(26)17-7-4-12-25-17)20(27)28-13-14-5-2-1-3-6-14/h1-3,5-6,8-11,17-18,25H,4,7,12-13H2. The molecule has 2 unspecified atom stereocenters. The maximum Gasteiger partial charge on any atom is 0.416 e. The molecule has 1 heterocycles. The van der Waals surface area contributed by atoms with Crippen molar-refractivity contribution in [3.8, 4) is 0 Å². The molecule has 29 heavy (non-hydrogen) atoms. The summed E-state index contributed by atoms with van der Waals surface area (Å²) in [6.07, 6.45) is -4.59. The first-order valence-electron chi connectivity index (χ1n) is 9.16. The molecule has 0 aromatic heterocycles. The lowest BCUT2D eigenvalue weighted by Crippen LogP contribution is -2.35. The van der Waals surface area contributed by atoms with Crippen LogP contribution in [-0.2, 0) is 31.8 Å². The fraction of sp³-hybridized carbons (Fsp3) is 0.333. The van der Waals surface area contributed by atoms with Crippen LogP contribution in [0.4, 0.5) is 13.2 Å². The Kier molecular flexibility index (Phi) is 6.53. The van der Waals surface area contributed by atoms with E-state index in [9.17, 15) is 22.8 Å². The smallest absolute Gasteiger partial charge is 0.416 e. The van der Waals surface area contributed by atoms with Crippen LogP contribution in [0.15, 0.2) is 54.6 Å². The topological polar surface area (TPSA) is 64.6 Å². The van der Waals surface area contributed by atoms with Crippen LogP contribution in [0.3, 0.4) is 0 Å². The average Bonchev–Trinajstić information content (AvgIpc) is 3.25. The highest BCUT2D eigenvalue weighted by atomic mass is 19.4. The summed E-state index contributed by atoms with van der Waals surface area (Å²) in [5.74, 6) is -1.48. The number of alkyl halides is 3. The van der Waals surface area contributed by atoms with Crippen LogP contribution in [0.25, 0.3) is 0 Å². The number of hydrogen-bond acceptors (Lipinski definition) is 5. The highest BCUT2D eigenvalue weighted by molar-refractivity contribution is 5.83. The maximum atomic E-state index is 12.8. The zero-order valence-corrected chi connectivity index (χ0v) is 15.4. The van der Waals surface area contributed by atoms with E-state index in [1.807, 2.05) is 6.07 Å². The Morgan fingerprint density at radius 2 is 1.76 bits per heavy atom. The minimum Gasteiger partial charge on any atom is -0.458 e. The van der Waals surface area contributed by atoms with E-state index in [4.69, 9.17) is 9.47 Å². The predicted molar refractivity (Wildman–Crippen MR) is 97.5 cm³/mol. The summed E-state index contributed by atoms with van der Waals surface area (Å²) in [5.41, 5.74) is -0.0142. The molecular weight excluding hydrogens is 387 g/mol. The Labute approximate surface area is 165 Å². The maximum absolute atomic E-state index is 12.8. The van der Waals surface area contributed by atoms with E-state index in [1.165, 1.54) is 0 Å². The number of esters is 2. The molecule has 0 aliphatic carbocycles. The zero-order chi connectivity index (χ0) is 20.9. The van der Waals surface area contributed by atoms with Gasteiger partial charge in [-0.15, -0.1) is 0 Å². The number of benzene rings is 2. The molecule has 1 fully saturated rings. The molecule has 1 aliphatic rings. The van der Waals surface area contributed by atoms with Crippen molar-refractivity contribution in [3.63, 3.8) is 0 Å². The van der Waals surface area contributed by atoms with E-state index in [1.54, 1.807) is 24.3 Å². The third-order valence-corrected chi connectivity index (χ3v) is 4.56. The van der Waals surface area contributed by atoms with E-state index < -0.39 is 35.8 Å². The Balaban J connectivity index is 1.76. The summed E-state index contributed by atoms with van der Waals surface area (Å²) in [7, 11) is 0. The van der Waals surface area contributed by atoms with Gasteiger partial charge in [0.25, 0.3) is 0 Å². The molecule has 154 valence electrons. The molecule has 3 rings (SSSR count). The summed E-state index contributed by atoms with van der Waals surface area (Å²) in [4.78, 5) is 25.0. The minimum atomic E-state index is -4.51. The van der Waals surface area contributed by atoms with Gasteiger partial charge in [-0.2, -0.15) is 13.2 Å². The quantitative estimate of drug-likeness (QED) is 0.739. The van der Waals surface area contributed by atoms with Crippen LogP contribution < -0.4 is 5.32 Å². The first-order valence-corrected chi connectivity index (χ1v) is 9.16. The number of carbonyl (C=O) groups is 2. The minimum absolute atomic E-state index is 0.0456. The summed E-state index contributed by atoms with van der Waals surface area (Å²) in [6, 6.07) is 12.3. The molecule has 2 atom stereocenters. The Morgan fingerprint density at radius 1 is 1.07 bits per heavy atom. The molecule has 0 radical (unpaired) electrons. The molecule has 2 aromatic carbocycles. The monoisotopic (exact) mass is 407 g/mol. The fourth-order valence-electron chi connectivity index (χ4n) is 2.99. The number of ether oxygens (including phenoxy) is 2. The normalized spacial score (nSPS) is 17.6. The van der Waals surface area contributed by atoms with Crippen molar-refractivity contribution in [1.82, 2.24) is 5.32 Å².